The Kier molecular flexibility index (Phi) is 18.9. The Morgan fingerprint density at radius 2 is 1.39 bits per heavy atom. The van der Waals surface area contributed by atoms with E-state index in [0.717, 1.165) is 25.7 Å². The molecule has 112 valence electrons. The number of likely N-dealkylation sites (tertiary alicyclic amines) is 1. The van der Waals surface area contributed by atoms with Gasteiger partial charge in [-0.2, -0.15) is 0 Å². The molecule has 18 heavy (non-hydrogen) atoms. The molecule has 3 nitrogen and oxygen atoms in total. The zero-order valence-electron chi connectivity index (χ0n) is 13.5. The molecule has 0 aromatic heterocycles. The monoisotopic (exact) mass is 261 g/mol. The molecule has 0 aromatic carbocycles. The van der Waals surface area contributed by atoms with Gasteiger partial charge in [-0.1, -0.05) is 27.7 Å². The Hall–Kier alpha value is -0.120. The minimum atomic E-state index is 0.864. The van der Waals surface area contributed by atoms with Crippen molar-refractivity contribution in [3.05, 3.63) is 0 Å². The number of hydrogen-bond acceptors (Lipinski definition) is 3. The average molecular weight is 261 g/mol. The Bertz CT molecular complexity index is 118. The average Bonchev–Trinajstić information content (AvgIpc) is 2.48. The van der Waals surface area contributed by atoms with Crippen molar-refractivity contribution in [2.75, 3.05) is 47.1 Å². The zero-order valence-corrected chi connectivity index (χ0v) is 13.5. The summed E-state index contributed by atoms with van der Waals surface area (Å²) < 4.78 is 10.2. The van der Waals surface area contributed by atoms with E-state index < -0.39 is 0 Å². The van der Waals surface area contributed by atoms with E-state index in [4.69, 9.17) is 9.47 Å². The molecule has 0 spiro atoms. The number of rotatable bonds is 6. The van der Waals surface area contributed by atoms with Gasteiger partial charge in [0.2, 0.25) is 0 Å². The van der Waals surface area contributed by atoms with E-state index in [2.05, 4.69) is 4.90 Å². The molecule has 0 aliphatic carbocycles. The normalized spacial score (nSPS) is 16.3. The van der Waals surface area contributed by atoms with Gasteiger partial charge < -0.3 is 14.4 Å². The molecular weight excluding hydrogens is 226 g/mol. The highest BCUT2D eigenvalue weighted by Gasteiger charge is 2.18. The van der Waals surface area contributed by atoms with E-state index in [9.17, 15) is 0 Å². The molecule has 1 saturated heterocycles. The SMILES string of the molecule is CC.CC.COCCC1CCN(CCOC)CC1. The number of hydrogen-bond donors (Lipinski definition) is 0. The Labute approximate surface area is 115 Å². The molecule has 3 heteroatoms. The van der Waals surface area contributed by atoms with Crippen LogP contribution in [0.25, 0.3) is 0 Å². The topological polar surface area (TPSA) is 21.7 Å². The fourth-order valence-corrected chi connectivity index (χ4v) is 2.00. The molecule has 0 atom stereocenters. The van der Waals surface area contributed by atoms with Crippen molar-refractivity contribution in [3.63, 3.8) is 0 Å². The quantitative estimate of drug-likeness (QED) is 0.731. The van der Waals surface area contributed by atoms with Crippen LogP contribution in [0.2, 0.25) is 0 Å². The highest BCUT2D eigenvalue weighted by Crippen LogP contribution is 2.19. The van der Waals surface area contributed by atoms with Gasteiger partial charge in [0.05, 0.1) is 6.61 Å². The maximum Gasteiger partial charge on any atom is 0.0589 e. The summed E-state index contributed by atoms with van der Waals surface area (Å²) in [5, 5.41) is 0. The molecule has 0 unspecified atom stereocenters. The van der Waals surface area contributed by atoms with Crippen molar-refractivity contribution in [2.45, 2.75) is 47.0 Å². The molecule has 0 saturated carbocycles. The van der Waals surface area contributed by atoms with Gasteiger partial charge in [0.25, 0.3) is 0 Å². The van der Waals surface area contributed by atoms with Gasteiger partial charge in [-0.15, -0.1) is 0 Å². The predicted molar refractivity (Wildman–Crippen MR) is 80.2 cm³/mol. The standard InChI is InChI=1S/C11H23NO2.2C2H6/c1-13-9-5-11-3-6-12(7-4-11)8-10-14-2;2*1-2/h11H,3-10H2,1-2H3;2*1-2H3. The lowest BCUT2D eigenvalue weighted by molar-refractivity contribution is 0.106. The largest absolute Gasteiger partial charge is 0.385 e. The second kappa shape index (κ2) is 16.9. The minimum Gasteiger partial charge on any atom is -0.385 e. The predicted octanol–water partition coefficient (Wildman–Crippen LogP) is 3.43. The summed E-state index contributed by atoms with van der Waals surface area (Å²) in [5.41, 5.74) is 0. The molecule has 0 amide bonds. The molecule has 0 N–H and O–H groups in total. The Morgan fingerprint density at radius 3 is 1.83 bits per heavy atom. The van der Waals surface area contributed by atoms with Gasteiger partial charge in [-0.05, 0) is 38.3 Å². The van der Waals surface area contributed by atoms with Gasteiger partial charge in [-0.25, -0.2) is 0 Å². The first-order chi connectivity index (χ1) is 8.86. The lowest BCUT2D eigenvalue weighted by atomic mass is 9.94. The summed E-state index contributed by atoms with van der Waals surface area (Å²) in [7, 11) is 3.55. The number of ether oxygens (including phenoxy) is 2. The maximum absolute atomic E-state index is 5.10. The highest BCUT2D eigenvalue weighted by molar-refractivity contribution is 4.71. The molecule has 1 aliphatic rings. The maximum atomic E-state index is 5.10. The van der Waals surface area contributed by atoms with Crippen molar-refractivity contribution in [1.29, 1.82) is 0 Å². The van der Waals surface area contributed by atoms with Crippen molar-refractivity contribution in [1.82, 2.24) is 4.90 Å². The van der Waals surface area contributed by atoms with E-state index >= 15 is 0 Å². The second-order valence-corrected chi connectivity index (χ2v) is 4.06. The van der Waals surface area contributed by atoms with Gasteiger partial charge in [0.15, 0.2) is 0 Å². The van der Waals surface area contributed by atoms with Crippen LogP contribution in [-0.2, 0) is 9.47 Å². The van der Waals surface area contributed by atoms with E-state index in [1.807, 2.05) is 27.7 Å². The van der Waals surface area contributed by atoms with Crippen molar-refractivity contribution >= 4 is 0 Å². The second-order valence-electron chi connectivity index (χ2n) is 4.06. The third-order valence-electron chi connectivity index (χ3n) is 3.05. The van der Waals surface area contributed by atoms with Gasteiger partial charge in [0.1, 0.15) is 0 Å². The molecule has 1 fully saturated rings. The van der Waals surface area contributed by atoms with E-state index in [-0.39, 0.29) is 0 Å². The minimum absolute atomic E-state index is 0.864. The summed E-state index contributed by atoms with van der Waals surface area (Å²) in [6.45, 7) is 13.3. The van der Waals surface area contributed by atoms with Crippen LogP contribution in [0.15, 0.2) is 0 Å². The molecule has 0 aromatic rings. The van der Waals surface area contributed by atoms with Crippen LogP contribution in [0, 0.1) is 5.92 Å². The van der Waals surface area contributed by atoms with E-state index in [0.29, 0.717) is 0 Å². The third kappa shape index (κ3) is 11.0. The smallest absolute Gasteiger partial charge is 0.0589 e. The van der Waals surface area contributed by atoms with Crippen molar-refractivity contribution < 1.29 is 9.47 Å². The first-order valence-electron chi connectivity index (χ1n) is 7.57. The van der Waals surface area contributed by atoms with E-state index in [1.165, 1.54) is 32.4 Å². The summed E-state index contributed by atoms with van der Waals surface area (Å²) in [6.07, 6.45) is 3.88. The Morgan fingerprint density at radius 1 is 0.889 bits per heavy atom. The van der Waals surface area contributed by atoms with Crippen LogP contribution in [0.1, 0.15) is 47.0 Å². The fourth-order valence-electron chi connectivity index (χ4n) is 2.00. The number of nitrogens with zero attached hydrogens (tertiary/aromatic N) is 1. The highest BCUT2D eigenvalue weighted by atomic mass is 16.5. The van der Waals surface area contributed by atoms with Gasteiger partial charge in [0, 0.05) is 27.4 Å². The lowest BCUT2D eigenvalue weighted by Gasteiger charge is -2.31. The van der Waals surface area contributed by atoms with Crippen LogP contribution >= 0.6 is 0 Å². The summed E-state index contributed by atoms with van der Waals surface area (Å²) >= 11 is 0. The summed E-state index contributed by atoms with van der Waals surface area (Å²) in [4.78, 5) is 2.49. The first kappa shape index (κ1) is 20.2. The summed E-state index contributed by atoms with van der Waals surface area (Å²) in [6, 6.07) is 0. The number of methoxy groups -OCH3 is 2. The van der Waals surface area contributed by atoms with Crippen LogP contribution in [-0.4, -0.2) is 52.0 Å². The zero-order chi connectivity index (χ0) is 14.2. The van der Waals surface area contributed by atoms with Crippen LogP contribution in [0.5, 0.6) is 0 Å². The van der Waals surface area contributed by atoms with Crippen LogP contribution in [0.3, 0.4) is 0 Å². The first-order valence-corrected chi connectivity index (χ1v) is 7.57. The van der Waals surface area contributed by atoms with Crippen LogP contribution in [0.4, 0.5) is 0 Å². The van der Waals surface area contributed by atoms with E-state index in [1.54, 1.807) is 14.2 Å². The molecule has 0 radical (unpaired) electrons. The Balaban J connectivity index is 0. The molecule has 0 bridgehead atoms. The lowest BCUT2D eigenvalue weighted by Crippen LogP contribution is -2.36. The molecule has 1 rings (SSSR count). The molecule has 1 aliphatic heterocycles. The van der Waals surface area contributed by atoms with Gasteiger partial charge in [-0.3, -0.25) is 0 Å². The molecular formula is C15H35NO2. The fraction of sp³-hybridized carbons (Fsp3) is 1.00. The van der Waals surface area contributed by atoms with Crippen LogP contribution < -0.4 is 0 Å². The van der Waals surface area contributed by atoms with Crippen molar-refractivity contribution in [2.24, 2.45) is 5.92 Å². The van der Waals surface area contributed by atoms with Crippen molar-refractivity contribution in [3.8, 4) is 0 Å². The molecule has 1 heterocycles. The summed E-state index contributed by atoms with van der Waals surface area (Å²) in [5.74, 6) is 0.883. The van der Waals surface area contributed by atoms with Gasteiger partial charge >= 0.3 is 0 Å². The number of piperidine rings is 1. The third-order valence-corrected chi connectivity index (χ3v) is 3.05.